The highest BCUT2D eigenvalue weighted by Gasteiger charge is 2.28. The van der Waals surface area contributed by atoms with Crippen LogP contribution >= 0.6 is 10.7 Å². The summed E-state index contributed by atoms with van der Waals surface area (Å²) < 4.78 is 26.6. The lowest BCUT2D eigenvalue weighted by molar-refractivity contribution is 0.419. The average molecular weight is 207 g/mol. The van der Waals surface area contributed by atoms with Crippen molar-refractivity contribution >= 4 is 19.7 Å². The molecular formula is C7H7ClO3S. The average Bonchev–Trinajstić information content (AvgIpc) is 2.66. The maximum atomic E-state index is 10.8. The lowest BCUT2D eigenvalue weighted by atomic mass is 10.3. The molecule has 5 heteroatoms. The molecule has 0 bridgehead atoms. The fourth-order valence-corrected chi connectivity index (χ4v) is 1.73. The highest BCUT2D eigenvalue weighted by Crippen LogP contribution is 2.41. The highest BCUT2D eigenvalue weighted by molar-refractivity contribution is 8.13. The van der Waals surface area contributed by atoms with Crippen LogP contribution in [0.15, 0.2) is 21.6 Å². The van der Waals surface area contributed by atoms with Crippen LogP contribution in [0, 0.1) is 0 Å². The number of rotatable bonds is 2. The number of hydrogen-bond donors (Lipinski definition) is 0. The van der Waals surface area contributed by atoms with Crippen LogP contribution in [0.3, 0.4) is 0 Å². The molecular weight excluding hydrogens is 200 g/mol. The minimum atomic E-state index is -3.68. The second-order valence-corrected chi connectivity index (χ2v) is 5.37. The van der Waals surface area contributed by atoms with Gasteiger partial charge in [0.25, 0.3) is 9.05 Å². The van der Waals surface area contributed by atoms with Crippen molar-refractivity contribution in [2.75, 3.05) is 0 Å². The molecule has 1 heterocycles. The van der Waals surface area contributed by atoms with Gasteiger partial charge in [-0.2, -0.15) is 0 Å². The third-order valence-electron chi connectivity index (χ3n) is 1.82. The molecule has 2 rings (SSSR count). The van der Waals surface area contributed by atoms with Gasteiger partial charge in [0.2, 0.25) is 5.09 Å². The summed E-state index contributed by atoms with van der Waals surface area (Å²) in [6.45, 7) is 0. The van der Waals surface area contributed by atoms with Gasteiger partial charge in [-0.15, -0.1) is 0 Å². The van der Waals surface area contributed by atoms with Crippen molar-refractivity contribution in [2.45, 2.75) is 23.9 Å². The van der Waals surface area contributed by atoms with Crippen molar-refractivity contribution in [1.29, 1.82) is 0 Å². The van der Waals surface area contributed by atoms with Gasteiger partial charge in [-0.3, -0.25) is 0 Å². The maximum absolute atomic E-state index is 10.8. The van der Waals surface area contributed by atoms with Crippen molar-refractivity contribution in [3.8, 4) is 0 Å². The first kappa shape index (κ1) is 8.13. The number of hydrogen-bond acceptors (Lipinski definition) is 3. The molecule has 0 radical (unpaired) electrons. The van der Waals surface area contributed by atoms with Crippen LogP contribution in [0.4, 0.5) is 0 Å². The van der Waals surface area contributed by atoms with E-state index in [0.717, 1.165) is 18.6 Å². The van der Waals surface area contributed by atoms with Gasteiger partial charge in [0.15, 0.2) is 0 Å². The van der Waals surface area contributed by atoms with Crippen LogP contribution in [-0.2, 0) is 9.05 Å². The van der Waals surface area contributed by atoms with E-state index < -0.39 is 9.05 Å². The summed E-state index contributed by atoms with van der Waals surface area (Å²) in [4.78, 5) is 0. The van der Waals surface area contributed by atoms with Gasteiger partial charge in [0.05, 0.1) is 0 Å². The third-order valence-corrected chi connectivity index (χ3v) is 2.98. The Balaban J connectivity index is 2.35. The summed E-state index contributed by atoms with van der Waals surface area (Å²) >= 11 is 0. The van der Waals surface area contributed by atoms with E-state index in [4.69, 9.17) is 15.1 Å². The smallest absolute Gasteiger partial charge is 0.294 e. The molecule has 0 amide bonds. The summed E-state index contributed by atoms with van der Waals surface area (Å²) in [5, 5.41) is -0.147. The van der Waals surface area contributed by atoms with Gasteiger partial charge in [-0.1, -0.05) is 0 Å². The molecule has 12 heavy (non-hydrogen) atoms. The molecule has 1 aliphatic rings. The normalized spacial score (nSPS) is 18.1. The SMILES string of the molecule is O=S(=O)(Cl)c1ccc(C2CC2)o1. The molecule has 1 aromatic rings. The Morgan fingerprint density at radius 1 is 1.42 bits per heavy atom. The van der Waals surface area contributed by atoms with E-state index in [9.17, 15) is 8.42 Å². The Hall–Kier alpha value is -0.480. The first-order valence-electron chi connectivity index (χ1n) is 3.62. The van der Waals surface area contributed by atoms with E-state index in [1.165, 1.54) is 6.07 Å². The summed E-state index contributed by atoms with van der Waals surface area (Å²) in [7, 11) is 1.39. The van der Waals surface area contributed by atoms with E-state index >= 15 is 0 Å². The summed E-state index contributed by atoms with van der Waals surface area (Å²) in [5.74, 6) is 1.14. The zero-order valence-electron chi connectivity index (χ0n) is 6.16. The quantitative estimate of drug-likeness (QED) is 0.697. The molecule has 0 N–H and O–H groups in total. The van der Waals surface area contributed by atoms with E-state index in [-0.39, 0.29) is 5.09 Å². The molecule has 0 saturated heterocycles. The summed E-state index contributed by atoms with van der Waals surface area (Å²) in [5.41, 5.74) is 0. The minimum absolute atomic E-state index is 0.147. The summed E-state index contributed by atoms with van der Waals surface area (Å²) in [6, 6.07) is 3.07. The number of furan rings is 1. The number of halogens is 1. The van der Waals surface area contributed by atoms with Crippen LogP contribution in [-0.4, -0.2) is 8.42 Å². The predicted octanol–water partition coefficient (Wildman–Crippen LogP) is 2.08. The maximum Gasteiger partial charge on any atom is 0.294 e. The second kappa shape index (κ2) is 2.50. The van der Waals surface area contributed by atoms with E-state index in [1.807, 2.05) is 0 Å². The van der Waals surface area contributed by atoms with Crippen molar-refractivity contribution in [2.24, 2.45) is 0 Å². The molecule has 0 spiro atoms. The standard InChI is InChI=1S/C7H7ClO3S/c8-12(9,10)7-4-3-6(11-7)5-1-2-5/h3-5H,1-2H2. The molecule has 1 saturated carbocycles. The fourth-order valence-electron chi connectivity index (χ4n) is 1.05. The monoisotopic (exact) mass is 206 g/mol. The van der Waals surface area contributed by atoms with Crippen LogP contribution in [0.1, 0.15) is 24.5 Å². The first-order chi connectivity index (χ1) is 5.57. The first-order valence-corrected chi connectivity index (χ1v) is 5.93. The van der Waals surface area contributed by atoms with Crippen LogP contribution in [0.25, 0.3) is 0 Å². The Morgan fingerprint density at radius 3 is 2.50 bits per heavy atom. The lowest BCUT2D eigenvalue weighted by Gasteiger charge is -1.89. The summed E-state index contributed by atoms with van der Waals surface area (Å²) in [6.07, 6.45) is 2.16. The van der Waals surface area contributed by atoms with E-state index in [2.05, 4.69) is 0 Å². The highest BCUT2D eigenvalue weighted by atomic mass is 35.7. The molecule has 1 aromatic heterocycles. The Kier molecular flexibility index (Phi) is 1.70. The van der Waals surface area contributed by atoms with Gasteiger partial charge in [-0.25, -0.2) is 8.42 Å². The van der Waals surface area contributed by atoms with Gasteiger partial charge < -0.3 is 4.42 Å². The Bertz CT molecular complexity index is 389. The van der Waals surface area contributed by atoms with Crippen LogP contribution in [0.2, 0.25) is 0 Å². The minimum Gasteiger partial charge on any atom is -0.448 e. The molecule has 0 aliphatic heterocycles. The van der Waals surface area contributed by atoms with Gasteiger partial charge in [0, 0.05) is 16.6 Å². The largest absolute Gasteiger partial charge is 0.448 e. The van der Waals surface area contributed by atoms with E-state index in [1.54, 1.807) is 6.07 Å². The molecule has 0 aromatic carbocycles. The fraction of sp³-hybridized carbons (Fsp3) is 0.429. The zero-order chi connectivity index (χ0) is 8.77. The van der Waals surface area contributed by atoms with E-state index in [0.29, 0.717) is 5.92 Å². The molecule has 3 nitrogen and oxygen atoms in total. The molecule has 1 fully saturated rings. The third kappa shape index (κ3) is 1.49. The van der Waals surface area contributed by atoms with Crippen LogP contribution in [0.5, 0.6) is 0 Å². The van der Waals surface area contributed by atoms with Gasteiger partial charge >= 0.3 is 0 Å². The zero-order valence-corrected chi connectivity index (χ0v) is 7.73. The van der Waals surface area contributed by atoms with Crippen molar-refractivity contribution in [3.05, 3.63) is 17.9 Å². The lowest BCUT2D eigenvalue weighted by Crippen LogP contribution is -1.85. The molecule has 66 valence electrons. The Labute approximate surface area is 74.7 Å². The molecule has 0 unspecified atom stereocenters. The van der Waals surface area contributed by atoms with Crippen molar-refractivity contribution < 1.29 is 12.8 Å². The van der Waals surface area contributed by atoms with Crippen molar-refractivity contribution in [3.63, 3.8) is 0 Å². The van der Waals surface area contributed by atoms with Gasteiger partial charge in [0.1, 0.15) is 5.76 Å². The second-order valence-electron chi connectivity index (χ2n) is 2.87. The molecule has 0 atom stereocenters. The van der Waals surface area contributed by atoms with Gasteiger partial charge in [-0.05, 0) is 25.0 Å². The molecule has 1 aliphatic carbocycles. The van der Waals surface area contributed by atoms with Crippen LogP contribution < -0.4 is 0 Å². The topological polar surface area (TPSA) is 47.3 Å². The Morgan fingerprint density at radius 2 is 2.08 bits per heavy atom. The predicted molar refractivity (Wildman–Crippen MR) is 43.7 cm³/mol. The van der Waals surface area contributed by atoms with Crippen molar-refractivity contribution in [1.82, 2.24) is 0 Å².